The average molecular weight is 280 g/mol. The van der Waals surface area contributed by atoms with Crippen molar-refractivity contribution in [1.82, 2.24) is 15.3 Å². The number of nitrogens with one attached hydrogen (secondary N) is 2. The molecule has 0 aliphatic carbocycles. The number of hydrogen-bond acceptors (Lipinski definition) is 4. The second-order valence-corrected chi connectivity index (χ2v) is 5.33. The molecule has 4 heteroatoms. The molecule has 21 heavy (non-hydrogen) atoms. The van der Waals surface area contributed by atoms with Gasteiger partial charge in [-0.2, -0.15) is 0 Å². The van der Waals surface area contributed by atoms with E-state index in [9.17, 15) is 0 Å². The highest BCUT2D eigenvalue weighted by molar-refractivity contribution is 5.78. The number of anilines is 2. The molecule has 2 N–H and O–H groups in total. The van der Waals surface area contributed by atoms with E-state index in [4.69, 9.17) is 0 Å². The van der Waals surface area contributed by atoms with E-state index in [2.05, 4.69) is 44.9 Å². The Morgan fingerprint density at radius 2 is 1.86 bits per heavy atom. The van der Waals surface area contributed by atoms with Crippen molar-refractivity contribution < 1.29 is 0 Å². The van der Waals surface area contributed by atoms with Crippen LogP contribution in [0.1, 0.15) is 23.4 Å². The highest BCUT2D eigenvalue weighted by atomic mass is 15.1. The van der Waals surface area contributed by atoms with Crippen LogP contribution in [0, 0.1) is 13.8 Å². The molecule has 0 bridgehead atoms. The van der Waals surface area contributed by atoms with Crippen molar-refractivity contribution >= 4 is 17.2 Å². The van der Waals surface area contributed by atoms with Crippen LogP contribution in [-0.4, -0.2) is 23.1 Å². The molecule has 1 aromatic heterocycles. The maximum atomic E-state index is 4.46. The molecule has 0 atom stereocenters. The molecule has 108 valence electrons. The predicted octanol–water partition coefficient (Wildman–Crippen LogP) is 3.21. The van der Waals surface area contributed by atoms with Crippen molar-refractivity contribution in [2.75, 3.05) is 18.4 Å². The van der Waals surface area contributed by atoms with E-state index >= 15 is 0 Å². The molecular formula is C17H20N4. The summed E-state index contributed by atoms with van der Waals surface area (Å²) < 4.78 is 0. The molecule has 0 spiro atoms. The molecule has 2 aromatic rings. The quantitative estimate of drug-likeness (QED) is 0.906. The zero-order valence-electron chi connectivity index (χ0n) is 12.5. The maximum absolute atomic E-state index is 4.46. The van der Waals surface area contributed by atoms with E-state index in [1.807, 2.05) is 26.0 Å². The molecule has 4 nitrogen and oxygen atoms in total. The van der Waals surface area contributed by atoms with Crippen LogP contribution in [0.3, 0.4) is 0 Å². The topological polar surface area (TPSA) is 49.8 Å². The fourth-order valence-electron chi connectivity index (χ4n) is 2.64. The Balaban J connectivity index is 1.93. The van der Waals surface area contributed by atoms with E-state index in [0.29, 0.717) is 5.95 Å². The summed E-state index contributed by atoms with van der Waals surface area (Å²) >= 11 is 0. The van der Waals surface area contributed by atoms with Crippen LogP contribution in [0.5, 0.6) is 0 Å². The summed E-state index contributed by atoms with van der Waals surface area (Å²) in [6.45, 7) is 5.94. The summed E-state index contributed by atoms with van der Waals surface area (Å²) in [5.74, 6) is 0.662. The molecule has 2 heterocycles. The number of aromatic nitrogens is 2. The Hall–Kier alpha value is -2.20. The van der Waals surface area contributed by atoms with Crippen LogP contribution < -0.4 is 10.6 Å². The molecule has 1 aliphatic rings. The molecule has 3 rings (SSSR count). The lowest BCUT2D eigenvalue weighted by molar-refractivity contribution is 0.739. The van der Waals surface area contributed by atoms with Gasteiger partial charge in [0.25, 0.3) is 0 Å². The molecule has 1 aromatic carbocycles. The Labute approximate surface area is 125 Å². The third-order valence-electron chi connectivity index (χ3n) is 3.57. The Bertz CT molecular complexity index is 656. The molecule has 0 radical (unpaired) electrons. The Morgan fingerprint density at radius 3 is 2.57 bits per heavy atom. The predicted molar refractivity (Wildman–Crippen MR) is 86.7 cm³/mol. The second kappa shape index (κ2) is 6.06. The number of hydrogen-bond donors (Lipinski definition) is 2. The first kappa shape index (κ1) is 13.8. The third kappa shape index (κ3) is 3.28. The molecule has 0 unspecified atom stereocenters. The average Bonchev–Trinajstić information content (AvgIpc) is 2.48. The minimum atomic E-state index is 0.662. The van der Waals surface area contributed by atoms with Gasteiger partial charge in [-0.15, -0.1) is 0 Å². The fourth-order valence-corrected chi connectivity index (χ4v) is 2.64. The molecule has 0 saturated carbocycles. The zero-order chi connectivity index (χ0) is 14.7. The maximum Gasteiger partial charge on any atom is 0.227 e. The smallest absolute Gasteiger partial charge is 0.227 e. The number of para-hydroxylation sites is 1. The van der Waals surface area contributed by atoms with Gasteiger partial charge >= 0.3 is 0 Å². The van der Waals surface area contributed by atoms with Crippen molar-refractivity contribution in [1.29, 1.82) is 0 Å². The largest absolute Gasteiger partial charge is 0.324 e. The zero-order valence-corrected chi connectivity index (χ0v) is 12.5. The van der Waals surface area contributed by atoms with E-state index in [0.717, 1.165) is 36.6 Å². The lowest BCUT2D eigenvalue weighted by Gasteiger charge is -2.18. The van der Waals surface area contributed by atoms with Gasteiger partial charge in [-0.05, 0) is 44.5 Å². The van der Waals surface area contributed by atoms with E-state index in [1.165, 1.54) is 11.1 Å². The van der Waals surface area contributed by atoms with Gasteiger partial charge in [0.05, 0.1) is 0 Å². The number of rotatable bonds is 3. The van der Waals surface area contributed by atoms with Gasteiger partial charge in [0, 0.05) is 29.2 Å². The van der Waals surface area contributed by atoms with Gasteiger partial charge in [0.2, 0.25) is 5.95 Å². The second-order valence-electron chi connectivity index (χ2n) is 5.33. The summed E-state index contributed by atoms with van der Waals surface area (Å²) in [6, 6.07) is 10.3. The standard InChI is InChI=1S/C17H20N4/c1-12-11-13(2)20-17(19-12)21-16-6-4-3-5-15(16)14-7-9-18-10-8-14/h3-7,11,18H,8-10H2,1-2H3,(H,19,20,21). The lowest BCUT2D eigenvalue weighted by Crippen LogP contribution is -2.20. The van der Waals surface area contributed by atoms with Gasteiger partial charge < -0.3 is 10.6 Å². The summed E-state index contributed by atoms with van der Waals surface area (Å²) in [4.78, 5) is 8.92. The van der Waals surface area contributed by atoms with Crippen LogP contribution >= 0.6 is 0 Å². The van der Waals surface area contributed by atoms with Gasteiger partial charge in [-0.25, -0.2) is 9.97 Å². The van der Waals surface area contributed by atoms with Crippen molar-refractivity contribution in [3.8, 4) is 0 Å². The summed E-state index contributed by atoms with van der Waals surface area (Å²) in [7, 11) is 0. The summed E-state index contributed by atoms with van der Waals surface area (Å²) in [5.41, 5.74) is 5.63. The first-order valence-corrected chi connectivity index (χ1v) is 7.31. The van der Waals surface area contributed by atoms with Crippen molar-refractivity contribution in [2.45, 2.75) is 20.3 Å². The van der Waals surface area contributed by atoms with Gasteiger partial charge in [-0.1, -0.05) is 24.3 Å². The molecule has 0 saturated heterocycles. The van der Waals surface area contributed by atoms with Crippen LogP contribution in [0.4, 0.5) is 11.6 Å². The number of aryl methyl sites for hydroxylation is 2. The van der Waals surface area contributed by atoms with E-state index in [1.54, 1.807) is 0 Å². The number of nitrogens with zero attached hydrogens (tertiary/aromatic N) is 2. The minimum absolute atomic E-state index is 0.662. The van der Waals surface area contributed by atoms with Gasteiger partial charge in [0.1, 0.15) is 0 Å². The first-order chi connectivity index (χ1) is 10.2. The number of benzene rings is 1. The van der Waals surface area contributed by atoms with Gasteiger partial charge in [0.15, 0.2) is 0 Å². The van der Waals surface area contributed by atoms with Crippen molar-refractivity contribution in [3.63, 3.8) is 0 Å². The van der Waals surface area contributed by atoms with Crippen molar-refractivity contribution in [2.24, 2.45) is 0 Å². The highest BCUT2D eigenvalue weighted by Gasteiger charge is 2.11. The third-order valence-corrected chi connectivity index (χ3v) is 3.57. The van der Waals surface area contributed by atoms with Gasteiger partial charge in [-0.3, -0.25) is 0 Å². The normalized spacial score (nSPS) is 14.7. The van der Waals surface area contributed by atoms with Crippen LogP contribution in [-0.2, 0) is 0 Å². The van der Waals surface area contributed by atoms with E-state index < -0.39 is 0 Å². The highest BCUT2D eigenvalue weighted by Crippen LogP contribution is 2.28. The molecular weight excluding hydrogens is 260 g/mol. The lowest BCUT2D eigenvalue weighted by atomic mass is 9.98. The molecule has 1 aliphatic heterocycles. The molecule has 0 fully saturated rings. The van der Waals surface area contributed by atoms with E-state index in [-0.39, 0.29) is 0 Å². The van der Waals surface area contributed by atoms with Crippen LogP contribution in [0.2, 0.25) is 0 Å². The summed E-state index contributed by atoms with van der Waals surface area (Å²) in [6.07, 6.45) is 3.30. The fraction of sp³-hybridized carbons (Fsp3) is 0.294. The first-order valence-electron chi connectivity index (χ1n) is 7.31. The van der Waals surface area contributed by atoms with Crippen molar-refractivity contribution in [3.05, 3.63) is 53.4 Å². The van der Waals surface area contributed by atoms with Crippen LogP contribution in [0.15, 0.2) is 36.4 Å². The van der Waals surface area contributed by atoms with Crippen LogP contribution in [0.25, 0.3) is 5.57 Å². The minimum Gasteiger partial charge on any atom is -0.324 e. The SMILES string of the molecule is Cc1cc(C)nc(Nc2ccccc2C2=CCNCC2)n1. The Kier molecular flexibility index (Phi) is 3.97. The Morgan fingerprint density at radius 1 is 1.10 bits per heavy atom. The monoisotopic (exact) mass is 280 g/mol. The summed E-state index contributed by atoms with van der Waals surface area (Å²) in [5, 5.41) is 6.72. The molecule has 0 amide bonds.